The topological polar surface area (TPSA) is 61.4 Å². The second-order valence-corrected chi connectivity index (χ2v) is 6.37. The fraction of sp³-hybridized carbons (Fsp3) is 0.263. The maximum absolute atomic E-state index is 12.5. The van der Waals surface area contributed by atoms with Gasteiger partial charge >= 0.3 is 0 Å². The molecule has 5 nitrogen and oxygen atoms in total. The molecule has 1 heterocycles. The van der Waals surface area contributed by atoms with Crippen LogP contribution in [0.5, 0.6) is 0 Å². The van der Waals surface area contributed by atoms with Crippen LogP contribution in [0.3, 0.4) is 0 Å². The monoisotopic (exact) mass is 357 g/mol. The number of amides is 2. The number of halogens is 1. The fourth-order valence-electron chi connectivity index (χ4n) is 2.94. The number of nitrogens with zero attached hydrogens (tertiary/aromatic N) is 1. The molecule has 0 unspecified atom stereocenters. The highest BCUT2D eigenvalue weighted by atomic mass is 35.5. The standard InChI is InChI=1S/C19H20ClN3O2/c1-21-19(25)16-7-6-15(10-17(16)20)22-11-18(24)23-9-8-13-4-2-3-5-14(13)12-23/h2-7,10,22H,8-9,11-12H2,1H3,(H,21,25). The van der Waals surface area contributed by atoms with E-state index in [1.807, 2.05) is 17.0 Å². The molecule has 0 bridgehead atoms. The van der Waals surface area contributed by atoms with Gasteiger partial charge in [-0.05, 0) is 35.7 Å². The molecule has 2 aromatic rings. The first-order valence-corrected chi connectivity index (χ1v) is 8.56. The first kappa shape index (κ1) is 17.3. The van der Waals surface area contributed by atoms with Gasteiger partial charge in [-0.2, -0.15) is 0 Å². The molecule has 130 valence electrons. The van der Waals surface area contributed by atoms with E-state index in [9.17, 15) is 9.59 Å². The summed E-state index contributed by atoms with van der Waals surface area (Å²) in [5, 5.41) is 5.97. The Labute approximate surface area is 152 Å². The first-order chi connectivity index (χ1) is 12.1. The van der Waals surface area contributed by atoms with E-state index in [-0.39, 0.29) is 18.4 Å². The van der Waals surface area contributed by atoms with Gasteiger partial charge in [-0.3, -0.25) is 9.59 Å². The van der Waals surface area contributed by atoms with Gasteiger partial charge in [0.2, 0.25) is 5.91 Å². The van der Waals surface area contributed by atoms with Gasteiger partial charge in [0.25, 0.3) is 5.91 Å². The third-order valence-corrected chi connectivity index (χ3v) is 4.68. The minimum atomic E-state index is -0.236. The number of carbonyl (C=O) groups is 2. The molecule has 0 atom stereocenters. The van der Waals surface area contributed by atoms with Gasteiger partial charge in [-0.15, -0.1) is 0 Å². The normalized spacial score (nSPS) is 13.1. The van der Waals surface area contributed by atoms with Crippen molar-refractivity contribution < 1.29 is 9.59 Å². The summed E-state index contributed by atoms with van der Waals surface area (Å²) in [6.45, 7) is 1.57. The van der Waals surface area contributed by atoms with Gasteiger partial charge < -0.3 is 15.5 Å². The Morgan fingerprint density at radius 1 is 1.16 bits per heavy atom. The Balaban J connectivity index is 1.60. The minimum Gasteiger partial charge on any atom is -0.376 e. The summed E-state index contributed by atoms with van der Waals surface area (Å²) in [6.07, 6.45) is 0.883. The van der Waals surface area contributed by atoms with Gasteiger partial charge in [0.15, 0.2) is 0 Å². The second-order valence-electron chi connectivity index (χ2n) is 5.96. The Bertz CT molecular complexity index is 807. The molecule has 0 spiro atoms. The highest BCUT2D eigenvalue weighted by Crippen LogP contribution is 2.22. The van der Waals surface area contributed by atoms with Gasteiger partial charge in [0.05, 0.1) is 17.1 Å². The summed E-state index contributed by atoms with van der Waals surface area (Å²) in [5.74, 6) is -0.194. The number of rotatable bonds is 4. The van der Waals surface area contributed by atoms with Crippen LogP contribution in [0.1, 0.15) is 21.5 Å². The van der Waals surface area contributed by atoms with Crippen molar-refractivity contribution in [1.82, 2.24) is 10.2 Å². The minimum absolute atomic E-state index is 0.0426. The van der Waals surface area contributed by atoms with Gasteiger partial charge in [0, 0.05) is 25.8 Å². The number of anilines is 1. The van der Waals surface area contributed by atoms with E-state index >= 15 is 0 Å². The average Bonchev–Trinajstić information content (AvgIpc) is 2.65. The van der Waals surface area contributed by atoms with Crippen molar-refractivity contribution in [2.45, 2.75) is 13.0 Å². The van der Waals surface area contributed by atoms with E-state index in [1.54, 1.807) is 25.2 Å². The Morgan fingerprint density at radius 3 is 2.64 bits per heavy atom. The smallest absolute Gasteiger partial charge is 0.252 e. The second kappa shape index (κ2) is 7.57. The highest BCUT2D eigenvalue weighted by molar-refractivity contribution is 6.34. The predicted octanol–water partition coefficient (Wildman–Crippen LogP) is 2.70. The quantitative estimate of drug-likeness (QED) is 0.884. The molecule has 2 amide bonds. The summed E-state index contributed by atoms with van der Waals surface area (Å²) in [5.41, 5.74) is 3.65. The number of fused-ring (bicyclic) bond motifs is 1. The number of hydrogen-bond donors (Lipinski definition) is 2. The molecule has 2 N–H and O–H groups in total. The lowest BCUT2D eigenvalue weighted by molar-refractivity contribution is -0.130. The van der Waals surface area contributed by atoms with E-state index in [0.717, 1.165) is 13.0 Å². The third-order valence-electron chi connectivity index (χ3n) is 4.37. The van der Waals surface area contributed by atoms with Gasteiger partial charge in [-0.25, -0.2) is 0 Å². The molecule has 25 heavy (non-hydrogen) atoms. The predicted molar refractivity (Wildman–Crippen MR) is 98.9 cm³/mol. The largest absolute Gasteiger partial charge is 0.376 e. The van der Waals surface area contributed by atoms with Gasteiger partial charge in [0.1, 0.15) is 0 Å². The highest BCUT2D eigenvalue weighted by Gasteiger charge is 2.20. The fourth-order valence-corrected chi connectivity index (χ4v) is 3.21. The molecule has 2 aromatic carbocycles. The Morgan fingerprint density at radius 2 is 1.92 bits per heavy atom. The van der Waals surface area contributed by atoms with Crippen LogP contribution in [0.2, 0.25) is 5.02 Å². The molecule has 6 heteroatoms. The number of nitrogens with one attached hydrogen (secondary N) is 2. The van der Waals surface area contributed by atoms with Crippen molar-refractivity contribution in [3.8, 4) is 0 Å². The summed E-state index contributed by atoms with van der Waals surface area (Å²) in [6, 6.07) is 13.3. The van der Waals surface area contributed by atoms with E-state index < -0.39 is 0 Å². The average molecular weight is 358 g/mol. The molecule has 0 radical (unpaired) electrons. The van der Waals surface area contributed by atoms with Crippen molar-refractivity contribution in [2.75, 3.05) is 25.5 Å². The van der Waals surface area contributed by atoms with Crippen molar-refractivity contribution in [3.63, 3.8) is 0 Å². The Hall–Kier alpha value is -2.53. The summed E-state index contributed by atoms with van der Waals surface area (Å²) in [7, 11) is 1.56. The molecular formula is C19H20ClN3O2. The maximum atomic E-state index is 12.5. The van der Waals surface area contributed by atoms with E-state index in [1.165, 1.54) is 11.1 Å². The van der Waals surface area contributed by atoms with Crippen LogP contribution in [0.15, 0.2) is 42.5 Å². The van der Waals surface area contributed by atoms with Gasteiger partial charge in [-0.1, -0.05) is 35.9 Å². The number of hydrogen-bond acceptors (Lipinski definition) is 3. The van der Waals surface area contributed by atoms with Crippen molar-refractivity contribution in [3.05, 3.63) is 64.2 Å². The van der Waals surface area contributed by atoms with Crippen LogP contribution in [0.4, 0.5) is 5.69 Å². The van der Waals surface area contributed by atoms with E-state index in [2.05, 4.69) is 22.8 Å². The van der Waals surface area contributed by atoms with Crippen molar-refractivity contribution >= 4 is 29.1 Å². The van der Waals surface area contributed by atoms with Crippen LogP contribution in [-0.4, -0.2) is 36.9 Å². The lowest BCUT2D eigenvalue weighted by Crippen LogP contribution is -2.39. The zero-order valence-electron chi connectivity index (χ0n) is 14.0. The van der Waals surface area contributed by atoms with Crippen LogP contribution in [-0.2, 0) is 17.8 Å². The molecule has 0 aromatic heterocycles. The van der Waals surface area contributed by atoms with Crippen LogP contribution < -0.4 is 10.6 Å². The number of benzene rings is 2. The number of carbonyl (C=O) groups excluding carboxylic acids is 2. The van der Waals surface area contributed by atoms with Crippen LogP contribution >= 0.6 is 11.6 Å². The molecule has 1 aliphatic rings. The van der Waals surface area contributed by atoms with Crippen LogP contribution in [0, 0.1) is 0 Å². The third kappa shape index (κ3) is 3.94. The molecule has 1 aliphatic heterocycles. The molecule has 0 saturated heterocycles. The lowest BCUT2D eigenvalue weighted by atomic mass is 10.00. The Kier molecular flexibility index (Phi) is 5.24. The molecular weight excluding hydrogens is 338 g/mol. The zero-order valence-corrected chi connectivity index (χ0v) is 14.8. The van der Waals surface area contributed by atoms with E-state index in [4.69, 9.17) is 11.6 Å². The van der Waals surface area contributed by atoms with E-state index in [0.29, 0.717) is 22.8 Å². The molecule has 3 rings (SSSR count). The molecule has 0 fully saturated rings. The van der Waals surface area contributed by atoms with Crippen molar-refractivity contribution in [1.29, 1.82) is 0 Å². The summed E-state index contributed by atoms with van der Waals surface area (Å²) >= 11 is 6.13. The SMILES string of the molecule is CNC(=O)c1ccc(NCC(=O)N2CCc3ccccc3C2)cc1Cl. The summed E-state index contributed by atoms with van der Waals surface area (Å²) in [4.78, 5) is 26.0. The zero-order chi connectivity index (χ0) is 17.8. The summed E-state index contributed by atoms with van der Waals surface area (Å²) < 4.78 is 0. The molecule has 0 saturated carbocycles. The molecule has 0 aliphatic carbocycles. The first-order valence-electron chi connectivity index (χ1n) is 8.18. The lowest BCUT2D eigenvalue weighted by Gasteiger charge is -2.29. The maximum Gasteiger partial charge on any atom is 0.252 e. The van der Waals surface area contributed by atoms with Crippen molar-refractivity contribution in [2.24, 2.45) is 0 Å². The van der Waals surface area contributed by atoms with Crippen LogP contribution in [0.25, 0.3) is 0 Å².